The number of hydrogen-bond donors (Lipinski definition) is 1. The highest BCUT2D eigenvalue weighted by Gasteiger charge is 2.12. The summed E-state index contributed by atoms with van der Waals surface area (Å²) in [5.74, 6) is 1.06. The molecule has 0 bridgehead atoms. The Balaban J connectivity index is 1.52. The molecular weight excluding hydrogens is 290 g/mol. The summed E-state index contributed by atoms with van der Waals surface area (Å²) in [6.07, 6.45) is 2.08. The molecule has 1 atom stereocenters. The molecule has 3 rings (SSSR count). The molecule has 1 aromatic heterocycles. The normalized spacial score (nSPS) is 14.9. The predicted octanol–water partition coefficient (Wildman–Crippen LogP) is 4.23. The standard InChI is InChI=1S/C16H18ClNOS/c1-11(15-4-5-16(17)20-15)18-8-6-12-2-3-14-13(10-12)7-9-19-14/h2-5,10-11,18H,6-9H2,1H3. The maximum Gasteiger partial charge on any atom is 0.122 e. The Bertz CT molecular complexity index is 596. The molecule has 0 amide bonds. The van der Waals surface area contributed by atoms with Gasteiger partial charge in [0.25, 0.3) is 0 Å². The molecule has 0 fully saturated rings. The highest BCUT2D eigenvalue weighted by Crippen LogP contribution is 2.27. The third-order valence-corrected chi connectivity index (χ3v) is 5.05. The lowest BCUT2D eigenvalue weighted by Gasteiger charge is -2.12. The van der Waals surface area contributed by atoms with Crippen molar-refractivity contribution in [2.24, 2.45) is 0 Å². The summed E-state index contributed by atoms with van der Waals surface area (Å²) in [5.41, 5.74) is 2.72. The fraction of sp³-hybridized carbons (Fsp3) is 0.375. The average Bonchev–Trinajstić information content (AvgIpc) is 3.06. The molecule has 0 radical (unpaired) electrons. The molecule has 2 heterocycles. The van der Waals surface area contributed by atoms with E-state index in [2.05, 4.69) is 36.5 Å². The third kappa shape index (κ3) is 3.17. The van der Waals surface area contributed by atoms with E-state index in [1.807, 2.05) is 6.07 Å². The van der Waals surface area contributed by atoms with Gasteiger partial charge in [0.05, 0.1) is 10.9 Å². The molecule has 2 aromatic rings. The minimum Gasteiger partial charge on any atom is -0.493 e. The van der Waals surface area contributed by atoms with E-state index in [1.54, 1.807) is 11.3 Å². The van der Waals surface area contributed by atoms with Crippen LogP contribution in [0.3, 0.4) is 0 Å². The Hall–Kier alpha value is -1.03. The zero-order valence-corrected chi connectivity index (χ0v) is 13.1. The minimum absolute atomic E-state index is 0.352. The summed E-state index contributed by atoms with van der Waals surface area (Å²) in [5, 5.41) is 3.55. The molecule has 4 heteroatoms. The number of halogens is 1. The van der Waals surface area contributed by atoms with E-state index >= 15 is 0 Å². The van der Waals surface area contributed by atoms with Crippen LogP contribution in [0.25, 0.3) is 0 Å². The van der Waals surface area contributed by atoms with Crippen LogP contribution in [0.2, 0.25) is 4.34 Å². The van der Waals surface area contributed by atoms with E-state index < -0.39 is 0 Å². The Labute approximate surface area is 128 Å². The SMILES string of the molecule is CC(NCCc1ccc2c(c1)CCO2)c1ccc(Cl)s1. The van der Waals surface area contributed by atoms with Crippen LogP contribution in [0.1, 0.15) is 29.0 Å². The van der Waals surface area contributed by atoms with Crippen molar-refractivity contribution in [3.05, 3.63) is 50.7 Å². The molecule has 1 aliphatic rings. The smallest absolute Gasteiger partial charge is 0.122 e. The molecule has 0 aliphatic carbocycles. The zero-order chi connectivity index (χ0) is 13.9. The van der Waals surface area contributed by atoms with Gasteiger partial charge in [0, 0.05) is 17.3 Å². The van der Waals surface area contributed by atoms with E-state index in [4.69, 9.17) is 16.3 Å². The van der Waals surface area contributed by atoms with Crippen LogP contribution < -0.4 is 10.1 Å². The predicted molar refractivity (Wildman–Crippen MR) is 85.1 cm³/mol. The van der Waals surface area contributed by atoms with Gasteiger partial charge in [0.2, 0.25) is 0 Å². The topological polar surface area (TPSA) is 21.3 Å². The summed E-state index contributed by atoms with van der Waals surface area (Å²) >= 11 is 7.61. The van der Waals surface area contributed by atoms with E-state index in [-0.39, 0.29) is 0 Å². The van der Waals surface area contributed by atoms with Gasteiger partial charge in [-0.05, 0) is 49.2 Å². The van der Waals surface area contributed by atoms with E-state index in [9.17, 15) is 0 Å². The Morgan fingerprint density at radius 1 is 1.35 bits per heavy atom. The molecule has 0 saturated carbocycles. The van der Waals surface area contributed by atoms with Gasteiger partial charge in [-0.3, -0.25) is 0 Å². The van der Waals surface area contributed by atoms with Crippen molar-refractivity contribution < 1.29 is 4.74 Å². The van der Waals surface area contributed by atoms with E-state index in [0.717, 1.165) is 36.1 Å². The number of nitrogens with one attached hydrogen (secondary N) is 1. The van der Waals surface area contributed by atoms with Gasteiger partial charge in [0.15, 0.2) is 0 Å². The monoisotopic (exact) mass is 307 g/mol. The minimum atomic E-state index is 0.352. The molecule has 20 heavy (non-hydrogen) atoms. The van der Waals surface area contributed by atoms with Crippen molar-refractivity contribution in [2.75, 3.05) is 13.2 Å². The van der Waals surface area contributed by atoms with Gasteiger partial charge in [-0.25, -0.2) is 0 Å². The lowest BCUT2D eigenvalue weighted by atomic mass is 10.1. The van der Waals surface area contributed by atoms with Crippen molar-refractivity contribution in [1.82, 2.24) is 5.32 Å². The number of ether oxygens (including phenoxy) is 1. The maximum atomic E-state index is 5.97. The summed E-state index contributed by atoms with van der Waals surface area (Å²) in [4.78, 5) is 1.29. The van der Waals surface area contributed by atoms with Gasteiger partial charge in [-0.15, -0.1) is 11.3 Å². The molecule has 1 aromatic carbocycles. The van der Waals surface area contributed by atoms with Crippen LogP contribution in [0.15, 0.2) is 30.3 Å². The lowest BCUT2D eigenvalue weighted by Crippen LogP contribution is -2.20. The molecule has 1 unspecified atom stereocenters. The largest absolute Gasteiger partial charge is 0.493 e. The zero-order valence-electron chi connectivity index (χ0n) is 11.5. The quantitative estimate of drug-likeness (QED) is 0.892. The Morgan fingerprint density at radius 2 is 2.25 bits per heavy atom. The van der Waals surface area contributed by atoms with Gasteiger partial charge in [-0.1, -0.05) is 23.7 Å². The van der Waals surface area contributed by atoms with Crippen molar-refractivity contribution in [3.63, 3.8) is 0 Å². The van der Waals surface area contributed by atoms with Crippen LogP contribution in [0, 0.1) is 0 Å². The first-order chi connectivity index (χ1) is 9.72. The molecule has 1 N–H and O–H groups in total. The fourth-order valence-corrected chi connectivity index (χ4v) is 3.58. The first-order valence-electron chi connectivity index (χ1n) is 6.95. The number of thiophene rings is 1. The number of hydrogen-bond acceptors (Lipinski definition) is 3. The van der Waals surface area contributed by atoms with Gasteiger partial charge < -0.3 is 10.1 Å². The summed E-state index contributed by atoms with van der Waals surface area (Å²) < 4.78 is 6.38. The summed E-state index contributed by atoms with van der Waals surface area (Å²) in [6, 6.07) is 10.9. The number of benzene rings is 1. The molecule has 1 aliphatic heterocycles. The lowest BCUT2D eigenvalue weighted by molar-refractivity contribution is 0.357. The Kier molecular flexibility index (Phi) is 4.29. The highest BCUT2D eigenvalue weighted by molar-refractivity contribution is 7.16. The second-order valence-corrected chi connectivity index (χ2v) is 6.85. The fourth-order valence-electron chi connectivity index (χ4n) is 2.49. The number of fused-ring (bicyclic) bond motifs is 1. The van der Waals surface area contributed by atoms with E-state index in [1.165, 1.54) is 16.0 Å². The third-order valence-electron chi connectivity index (χ3n) is 3.64. The van der Waals surface area contributed by atoms with E-state index in [0.29, 0.717) is 6.04 Å². The molecule has 2 nitrogen and oxygen atoms in total. The average molecular weight is 308 g/mol. The second kappa shape index (κ2) is 6.17. The van der Waals surface area contributed by atoms with Crippen LogP contribution in [-0.2, 0) is 12.8 Å². The van der Waals surface area contributed by atoms with Gasteiger partial charge in [0.1, 0.15) is 5.75 Å². The van der Waals surface area contributed by atoms with Crippen molar-refractivity contribution in [3.8, 4) is 5.75 Å². The molecule has 0 saturated heterocycles. The van der Waals surface area contributed by atoms with Crippen LogP contribution in [-0.4, -0.2) is 13.2 Å². The van der Waals surface area contributed by atoms with Gasteiger partial charge in [-0.2, -0.15) is 0 Å². The number of rotatable bonds is 5. The summed E-state index contributed by atoms with van der Waals surface area (Å²) in [7, 11) is 0. The maximum absolute atomic E-state index is 5.97. The van der Waals surface area contributed by atoms with Crippen molar-refractivity contribution in [2.45, 2.75) is 25.8 Å². The van der Waals surface area contributed by atoms with Crippen LogP contribution >= 0.6 is 22.9 Å². The second-order valence-electron chi connectivity index (χ2n) is 5.11. The summed E-state index contributed by atoms with van der Waals surface area (Å²) in [6.45, 7) is 3.97. The van der Waals surface area contributed by atoms with Crippen molar-refractivity contribution in [1.29, 1.82) is 0 Å². The molecule has 0 spiro atoms. The Morgan fingerprint density at radius 3 is 3.05 bits per heavy atom. The van der Waals surface area contributed by atoms with Crippen LogP contribution in [0.5, 0.6) is 5.75 Å². The first kappa shape index (κ1) is 13.9. The van der Waals surface area contributed by atoms with Crippen molar-refractivity contribution >= 4 is 22.9 Å². The first-order valence-corrected chi connectivity index (χ1v) is 8.15. The molecular formula is C16H18ClNOS. The van der Waals surface area contributed by atoms with Crippen LogP contribution in [0.4, 0.5) is 0 Å². The molecule has 106 valence electrons. The van der Waals surface area contributed by atoms with Gasteiger partial charge >= 0.3 is 0 Å². The highest BCUT2D eigenvalue weighted by atomic mass is 35.5.